The Kier molecular flexibility index (Phi) is 6.08. The number of furan rings is 1. The van der Waals surface area contributed by atoms with Gasteiger partial charge in [-0.05, 0) is 113 Å². The first kappa shape index (κ1) is 29.3. The molecule has 0 saturated heterocycles. The zero-order valence-electron chi connectivity index (χ0n) is 29.1. The molecular weight excluding hydrogens is 629 g/mol. The standard InChI is InChI=1S/C51H34O/c1-51(2)45-28-23-34(30-44(45)41-25-27-43-40(49(41)51)24-26-42-35-17-10-11-22-46(35)52-50(42)43)48-38-20-8-6-18-36(38)47(37-19-7-9-21-39(37)48)33-16-12-15-32(29-33)31-13-4-3-5-14-31/h3-30H,1-2H3. The number of hydrogen-bond acceptors (Lipinski definition) is 1. The zero-order valence-corrected chi connectivity index (χ0v) is 29.1. The summed E-state index contributed by atoms with van der Waals surface area (Å²) in [5.74, 6) is 0. The first-order chi connectivity index (χ1) is 25.6. The van der Waals surface area contributed by atoms with Gasteiger partial charge in [0.05, 0.1) is 0 Å². The van der Waals surface area contributed by atoms with Gasteiger partial charge in [-0.3, -0.25) is 0 Å². The molecule has 1 nitrogen and oxygen atoms in total. The van der Waals surface area contributed by atoms with E-state index < -0.39 is 0 Å². The molecule has 244 valence electrons. The highest BCUT2D eigenvalue weighted by molar-refractivity contribution is 6.22. The lowest BCUT2D eigenvalue weighted by atomic mass is 9.79. The van der Waals surface area contributed by atoms with Crippen LogP contribution < -0.4 is 0 Å². The molecule has 0 aliphatic heterocycles. The summed E-state index contributed by atoms with van der Waals surface area (Å²) in [6.45, 7) is 4.76. The number of para-hydroxylation sites is 1. The van der Waals surface area contributed by atoms with Gasteiger partial charge in [0.15, 0.2) is 0 Å². The Balaban J connectivity index is 1.14. The van der Waals surface area contributed by atoms with E-state index in [-0.39, 0.29) is 5.41 Å². The Labute approximate surface area is 302 Å². The fraction of sp³-hybridized carbons (Fsp3) is 0.0588. The van der Waals surface area contributed by atoms with Crippen molar-refractivity contribution >= 4 is 54.3 Å². The number of hydrogen-bond donors (Lipinski definition) is 0. The van der Waals surface area contributed by atoms with Gasteiger partial charge in [0, 0.05) is 21.6 Å². The summed E-state index contributed by atoms with van der Waals surface area (Å²) in [4.78, 5) is 0. The monoisotopic (exact) mass is 662 g/mol. The first-order valence-electron chi connectivity index (χ1n) is 18.2. The largest absolute Gasteiger partial charge is 0.455 e. The highest BCUT2D eigenvalue weighted by Crippen LogP contribution is 2.54. The molecule has 10 aromatic rings. The molecule has 1 heterocycles. The number of fused-ring (bicyclic) bond motifs is 11. The molecular formula is C51H34O. The van der Waals surface area contributed by atoms with Crippen LogP contribution in [0.15, 0.2) is 174 Å². The van der Waals surface area contributed by atoms with E-state index in [0.717, 1.165) is 11.2 Å². The van der Waals surface area contributed by atoms with Crippen LogP contribution in [0.5, 0.6) is 0 Å². The predicted molar refractivity (Wildman–Crippen MR) is 220 cm³/mol. The fourth-order valence-corrected chi connectivity index (χ4v) is 9.32. The van der Waals surface area contributed by atoms with Gasteiger partial charge in [0.25, 0.3) is 0 Å². The molecule has 0 bridgehead atoms. The van der Waals surface area contributed by atoms with Crippen LogP contribution in [0.2, 0.25) is 0 Å². The van der Waals surface area contributed by atoms with E-state index in [4.69, 9.17) is 4.42 Å². The van der Waals surface area contributed by atoms with Gasteiger partial charge in [-0.2, -0.15) is 0 Å². The summed E-state index contributed by atoms with van der Waals surface area (Å²) in [7, 11) is 0. The van der Waals surface area contributed by atoms with Gasteiger partial charge >= 0.3 is 0 Å². The third-order valence-corrected chi connectivity index (χ3v) is 11.6. The van der Waals surface area contributed by atoms with E-state index in [1.54, 1.807) is 0 Å². The minimum atomic E-state index is -0.167. The quantitative estimate of drug-likeness (QED) is 0.172. The van der Waals surface area contributed by atoms with Gasteiger partial charge < -0.3 is 4.42 Å². The lowest BCUT2D eigenvalue weighted by Crippen LogP contribution is -2.15. The highest BCUT2D eigenvalue weighted by Gasteiger charge is 2.37. The van der Waals surface area contributed by atoms with Crippen molar-refractivity contribution in [3.63, 3.8) is 0 Å². The Morgan fingerprint density at radius 2 is 0.904 bits per heavy atom. The average Bonchev–Trinajstić information content (AvgIpc) is 3.69. The lowest BCUT2D eigenvalue weighted by Gasteiger charge is -2.23. The van der Waals surface area contributed by atoms with Crippen molar-refractivity contribution in [2.75, 3.05) is 0 Å². The van der Waals surface area contributed by atoms with E-state index in [2.05, 4.69) is 178 Å². The van der Waals surface area contributed by atoms with Gasteiger partial charge in [0.1, 0.15) is 11.2 Å². The summed E-state index contributed by atoms with van der Waals surface area (Å²) < 4.78 is 6.50. The second kappa shape index (κ2) is 10.8. The number of benzene rings is 9. The molecule has 0 N–H and O–H groups in total. The lowest BCUT2D eigenvalue weighted by molar-refractivity contribution is 0.665. The molecule has 11 rings (SSSR count). The van der Waals surface area contributed by atoms with E-state index >= 15 is 0 Å². The topological polar surface area (TPSA) is 13.1 Å². The molecule has 9 aromatic carbocycles. The van der Waals surface area contributed by atoms with Crippen LogP contribution >= 0.6 is 0 Å². The van der Waals surface area contributed by atoms with Crippen molar-refractivity contribution in [2.24, 2.45) is 0 Å². The van der Waals surface area contributed by atoms with Crippen LogP contribution in [-0.2, 0) is 5.41 Å². The van der Waals surface area contributed by atoms with E-state index in [1.807, 2.05) is 6.07 Å². The van der Waals surface area contributed by atoms with Crippen molar-refractivity contribution in [2.45, 2.75) is 19.3 Å². The Bertz CT molecular complexity index is 3030. The van der Waals surface area contributed by atoms with E-state index in [0.29, 0.717) is 0 Å². The van der Waals surface area contributed by atoms with Crippen molar-refractivity contribution < 1.29 is 4.42 Å². The molecule has 52 heavy (non-hydrogen) atoms. The molecule has 1 aliphatic rings. The third-order valence-electron chi connectivity index (χ3n) is 11.6. The number of rotatable bonds is 3. The van der Waals surface area contributed by atoms with Gasteiger partial charge in [-0.25, -0.2) is 0 Å². The maximum atomic E-state index is 6.50. The summed E-state index contributed by atoms with van der Waals surface area (Å²) in [6.07, 6.45) is 0. The van der Waals surface area contributed by atoms with Crippen LogP contribution in [0, 0.1) is 0 Å². The smallest absolute Gasteiger partial charge is 0.143 e. The second-order valence-electron chi connectivity index (χ2n) is 14.8. The summed E-state index contributed by atoms with van der Waals surface area (Å²) in [5.41, 5.74) is 14.6. The Hall–Kier alpha value is -6.44. The summed E-state index contributed by atoms with van der Waals surface area (Å²) >= 11 is 0. The average molecular weight is 663 g/mol. The maximum absolute atomic E-state index is 6.50. The molecule has 1 aromatic heterocycles. The Morgan fingerprint density at radius 3 is 1.62 bits per heavy atom. The maximum Gasteiger partial charge on any atom is 0.143 e. The van der Waals surface area contributed by atoms with Crippen molar-refractivity contribution in [1.29, 1.82) is 0 Å². The second-order valence-corrected chi connectivity index (χ2v) is 14.8. The van der Waals surface area contributed by atoms with Gasteiger partial charge in [-0.15, -0.1) is 0 Å². The molecule has 0 atom stereocenters. The fourth-order valence-electron chi connectivity index (χ4n) is 9.32. The minimum absolute atomic E-state index is 0.167. The molecule has 0 saturated carbocycles. The van der Waals surface area contributed by atoms with E-state index in [1.165, 1.54) is 98.7 Å². The summed E-state index contributed by atoms with van der Waals surface area (Å²) in [5, 5.41) is 9.86. The van der Waals surface area contributed by atoms with Crippen LogP contribution in [0.25, 0.3) is 98.8 Å². The highest BCUT2D eigenvalue weighted by atomic mass is 16.3. The SMILES string of the molecule is CC1(C)c2ccc(-c3c4ccccc4c(-c4cccc(-c5ccccc5)c4)c4ccccc34)cc2-c2ccc3c(ccc4c5ccccc5oc34)c21. The molecule has 0 unspecified atom stereocenters. The third kappa shape index (κ3) is 4.05. The van der Waals surface area contributed by atoms with Gasteiger partial charge in [0.2, 0.25) is 0 Å². The molecule has 0 radical (unpaired) electrons. The molecule has 1 aliphatic carbocycles. The van der Waals surface area contributed by atoms with Crippen LogP contribution in [0.4, 0.5) is 0 Å². The van der Waals surface area contributed by atoms with Crippen molar-refractivity contribution in [3.8, 4) is 44.5 Å². The van der Waals surface area contributed by atoms with Crippen LogP contribution in [0.1, 0.15) is 25.0 Å². The Morgan fingerprint density at radius 1 is 0.365 bits per heavy atom. The van der Waals surface area contributed by atoms with Crippen LogP contribution in [0.3, 0.4) is 0 Å². The molecule has 0 amide bonds. The predicted octanol–water partition coefficient (Wildman–Crippen LogP) is 14.4. The minimum Gasteiger partial charge on any atom is -0.455 e. The zero-order chi connectivity index (χ0) is 34.6. The molecule has 0 fully saturated rings. The van der Waals surface area contributed by atoms with Crippen molar-refractivity contribution in [1.82, 2.24) is 0 Å². The molecule has 1 heteroatoms. The molecule has 0 spiro atoms. The van der Waals surface area contributed by atoms with E-state index in [9.17, 15) is 0 Å². The first-order valence-corrected chi connectivity index (χ1v) is 18.2. The summed E-state index contributed by atoms with van der Waals surface area (Å²) in [6, 6.07) is 62.4. The van der Waals surface area contributed by atoms with Crippen molar-refractivity contribution in [3.05, 3.63) is 181 Å². The van der Waals surface area contributed by atoms with Gasteiger partial charge in [-0.1, -0.05) is 153 Å². The normalized spacial score (nSPS) is 13.3. The van der Waals surface area contributed by atoms with Crippen LogP contribution in [-0.4, -0.2) is 0 Å².